The summed E-state index contributed by atoms with van der Waals surface area (Å²) in [4.78, 5) is 10.8. The molecule has 0 radical (unpaired) electrons. The number of aromatic carboxylic acids is 1. The van der Waals surface area contributed by atoms with E-state index >= 15 is 0 Å². The van der Waals surface area contributed by atoms with Gasteiger partial charge in [0.15, 0.2) is 0 Å². The average molecular weight is 310 g/mol. The lowest BCUT2D eigenvalue weighted by Crippen LogP contribution is -2.25. The minimum atomic E-state index is -3.59. The lowest BCUT2D eigenvalue weighted by molar-refractivity contribution is 0.0696. The van der Waals surface area contributed by atoms with Crippen molar-refractivity contribution >= 4 is 16.0 Å². The molecule has 0 amide bonds. The van der Waals surface area contributed by atoms with E-state index in [4.69, 9.17) is 9.63 Å². The van der Waals surface area contributed by atoms with Crippen LogP contribution < -0.4 is 4.72 Å². The number of aromatic nitrogens is 1. The second-order valence-electron chi connectivity index (χ2n) is 4.51. The highest BCUT2D eigenvalue weighted by Crippen LogP contribution is 2.09. The molecular weight excluding hydrogens is 296 g/mol. The minimum absolute atomic E-state index is 0.0261. The summed E-state index contributed by atoms with van der Waals surface area (Å²) in [5.74, 6) is -0.802. The quantitative estimate of drug-likeness (QED) is 0.832. The Morgan fingerprint density at radius 1 is 1.38 bits per heavy atom. The Balaban J connectivity index is 2.03. The van der Waals surface area contributed by atoms with E-state index in [1.807, 2.05) is 0 Å². The van der Waals surface area contributed by atoms with Gasteiger partial charge in [-0.3, -0.25) is 0 Å². The zero-order valence-corrected chi connectivity index (χ0v) is 12.1. The summed E-state index contributed by atoms with van der Waals surface area (Å²) < 4.78 is 31.1. The molecule has 0 aliphatic heterocycles. The van der Waals surface area contributed by atoms with Gasteiger partial charge < -0.3 is 9.63 Å². The zero-order chi connectivity index (χ0) is 15.5. The Morgan fingerprint density at radius 3 is 2.76 bits per heavy atom. The fourth-order valence-electron chi connectivity index (χ4n) is 1.75. The van der Waals surface area contributed by atoms with Crippen molar-refractivity contribution in [1.82, 2.24) is 9.88 Å². The molecule has 1 aromatic heterocycles. The second-order valence-corrected chi connectivity index (χ2v) is 6.32. The van der Waals surface area contributed by atoms with Crippen LogP contribution in [0.5, 0.6) is 0 Å². The van der Waals surface area contributed by atoms with E-state index < -0.39 is 16.0 Å². The molecule has 0 saturated carbocycles. The van der Waals surface area contributed by atoms with Crippen molar-refractivity contribution in [3.63, 3.8) is 0 Å². The molecule has 2 rings (SSSR count). The maximum absolute atomic E-state index is 11.9. The number of carboxylic acids is 1. The van der Waals surface area contributed by atoms with Gasteiger partial charge in [0.1, 0.15) is 5.76 Å². The highest BCUT2D eigenvalue weighted by Gasteiger charge is 2.14. The summed E-state index contributed by atoms with van der Waals surface area (Å²) in [5, 5.41) is 12.6. The molecule has 112 valence electrons. The van der Waals surface area contributed by atoms with Gasteiger partial charge >= 0.3 is 5.97 Å². The fraction of sp³-hybridized carbons (Fsp3) is 0.231. The van der Waals surface area contributed by atoms with Crippen LogP contribution in [0, 0.1) is 6.92 Å². The smallest absolute Gasteiger partial charge is 0.335 e. The van der Waals surface area contributed by atoms with Crippen LogP contribution in [-0.4, -0.2) is 24.7 Å². The molecule has 0 aliphatic carbocycles. The largest absolute Gasteiger partial charge is 0.478 e. The van der Waals surface area contributed by atoms with Crippen LogP contribution in [-0.2, 0) is 22.3 Å². The van der Waals surface area contributed by atoms with Crippen LogP contribution >= 0.6 is 0 Å². The summed E-state index contributed by atoms with van der Waals surface area (Å²) in [6.07, 6.45) is 0. The van der Waals surface area contributed by atoms with Gasteiger partial charge in [0.25, 0.3) is 0 Å². The number of hydrogen-bond acceptors (Lipinski definition) is 5. The monoisotopic (exact) mass is 310 g/mol. The minimum Gasteiger partial charge on any atom is -0.478 e. The van der Waals surface area contributed by atoms with Gasteiger partial charge in [-0.2, -0.15) is 0 Å². The molecule has 1 aromatic carbocycles. The Bertz CT molecular complexity index is 751. The number of benzene rings is 1. The van der Waals surface area contributed by atoms with Crippen LogP contribution in [0.2, 0.25) is 0 Å². The lowest BCUT2D eigenvalue weighted by Gasteiger charge is -2.06. The van der Waals surface area contributed by atoms with E-state index in [1.165, 1.54) is 18.2 Å². The van der Waals surface area contributed by atoms with Crippen molar-refractivity contribution in [2.75, 3.05) is 0 Å². The van der Waals surface area contributed by atoms with E-state index in [0.717, 1.165) is 0 Å². The molecule has 1 heterocycles. The Morgan fingerprint density at radius 2 is 2.14 bits per heavy atom. The van der Waals surface area contributed by atoms with E-state index in [-0.39, 0.29) is 17.9 Å². The van der Waals surface area contributed by atoms with Crippen molar-refractivity contribution in [2.45, 2.75) is 19.2 Å². The first kappa shape index (κ1) is 15.2. The number of sulfonamides is 1. The summed E-state index contributed by atoms with van der Waals surface area (Å²) in [6.45, 7) is 1.74. The summed E-state index contributed by atoms with van der Waals surface area (Å²) in [6, 6.07) is 7.45. The number of carboxylic acid groups (broad SMARTS) is 1. The molecule has 0 saturated heterocycles. The first-order chi connectivity index (χ1) is 9.85. The van der Waals surface area contributed by atoms with Crippen molar-refractivity contribution in [3.05, 3.63) is 52.9 Å². The van der Waals surface area contributed by atoms with Gasteiger partial charge in [-0.1, -0.05) is 17.3 Å². The number of nitrogens with one attached hydrogen (secondary N) is 1. The second kappa shape index (κ2) is 6.06. The molecule has 0 bridgehead atoms. The van der Waals surface area contributed by atoms with Crippen LogP contribution in [0.1, 0.15) is 27.4 Å². The van der Waals surface area contributed by atoms with E-state index in [1.54, 1.807) is 19.1 Å². The van der Waals surface area contributed by atoms with Crippen molar-refractivity contribution in [2.24, 2.45) is 0 Å². The predicted molar refractivity (Wildman–Crippen MR) is 74.1 cm³/mol. The predicted octanol–water partition coefficient (Wildman–Crippen LogP) is 1.30. The SMILES string of the molecule is Cc1cc(CNS(=O)(=O)Cc2cccc(C(=O)O)c2)no1. The molecule has 21 heavy (non-hydrogen) atoms. The Labute approximate surface area is 121 Å². The maximum Gasteiger partial charge on any atom is 0.335 e. The highest BCUT2D eigenvalue weighted by molar-refractivity contribution is 7.88. The normalized spacial score (nSPS) is 11.5. The summed E-state index contributed by atoms with van der Waals surface area (Å²) >= 11 is 0. The number of hydrogen-bond donors (Lipinski definition) is 2. The van der Waals surface area contributed by atoms with Crippen molar-refractivity contribution in [3.8, 4) is 0 Å². The molecule has 0 spiro atoms. The Kier molecular flexibility index (Phi) is 4.39. The molecule has 2 N–H and O–H groups in total. The van der Waals surface area contributed by atoms with Crippen LogP contribution in [0.15, 0.2) is 34.9 Å². The van der Waals surface area contributed by atoms with Gasteiger partial charge in [-0.05, 0) is 24.6 Å². The molecular formula is C13H14N2O5S. The number of rotatable bonds is 6. The van der Waals surface area contributed by atoms with Crippen molar-refractivity contribution in [1.29, 1.82) is 0 Å². The fourth-order valence-corrected chi connectivity index (χ4v) is 2.84. The van der Waals surface area contributed by atoms with Crippen LogP contribution in [0.25, 0.3) is 0 Å². The molecule has 0 aliphatic rings. The van der Waals surface area contributed by atoms with Gasteiger partial charge in [0.05, 0.1) is 23.6 Å². The number of nitrogens with zero attached hydrogens (tertiary/aromatic N) is 1. The molecule has 0 unspecified atom stereocenters. The van der Waals surface area contributed by atoms with Crippen LogP contribution in [0.4, 0.5) is 0 Å². The maximum atomic E-state index is 11.9. The molecule has 7 nitrogen and oxygen atoms in total. The van der Waals surface area contributed by atoms with E-state index in [9.17, 15) is 13.2 Å². The Hall–Kier alpha value is -2.19. The summed E-state index contributed by atoms with van der Waals surface area (Å²) in [7, 11) is -3.59. The van der Waals surface area contributed by atoms with E-state index in [2.05, 4.69) is 9.88 Å². The highest BCUT2D eigenvalue weighted by atomic mass is 32.2. The topological polar surface area (TPSA) is 110 Å². The standard InChI is InChI=1S/C13H14N2O5S/c1-9-5-12(15-20-9)7-14-21(18,19)8-10-3-2-4-11(6-10)13(16)17/h2-6,14H,7-8H2,1H3,(H,16,17). The van der Waals surface area contributed by atoms with Crippen LogP contribution in [0.3, 0.4) is 0 Å². The number of carbonyl (C=O) groups is 1. The zero-order valence-electron chi connectivity index (χ0n) is 11.2. The van der Waals surface area contributed by atoms with E-state index in [0.29, 0.717) is 17.0 Å². The number of aryl methyl sites for hydroxylation is 1. The van der Waals surface area contributed by atoms with Gasteiger partial charge in [0.2, 0.25) is 10.0 Å². The third-order valence-corrected chi connectivity index (χ3v) is 3.98. The summed E-state index contributed by atoms with van der Waals surface area (Å²) in [5.41, 5.74) is 0.934. The average Bonchev–Trinajstić information content (AvgIpc) is 2.82. The first-order valence-corrected chi connectivity index (χ1v) is 7.73. The molecule has 8 heteroatoms. The van der Waals surface area contributed by atoms with Gasteiger partial charge in [-0.15, -0.1) is 0 Å². The first-order valence-electron chi connectivity index (χ1n) is 6.07. The molecule has 0 atom stereocenters. The third kappa shape index (κ3) is 4.40. The third-order valence-electron chi connectivity index (χ3n) is 2.68. The molecule has 0 fully saturated rings. The van der Waals surface area contributed by atoms with Gasteiger partial charge in [-0.25, -0.2) is 17.9 Å². The molecule has 2 aromatic rings. The van der Waals surface area contributed by atoms with Gasteiger partial charge in [0, 0.05) is 6.07 Å². The lowest BCUT2D eigenvalue weighted by atomic mass is 10.1. The van der Waals surface area contributed by atoms with Crippen molar-refractivity contribution < 1.29 is 22.8 Å².